The highest BCUT2D eigenvalue weighted by atomic mass is 16.5. The molecule has 1 aliphatic heterocycles. The summed E-state index contributed by atoms with van der Waals surface area (Å²) in [6.07, 6.45) is 4.05. The van der Waals surface area contributed by atoms with Crippen molar-refractivity contribution in [1.29, 1.82) is 0 Å². The van der Waals surface area contributed by atoms with E-state index in [9.17, 15) is 4.79 Å². The molecule has 1 aromatic rings. The van der Waals surface area contributed by atoms with E-state index in [-0.39, 0.29) is 12.4 Å². The first-order valence-corrected chi connectivity index (χ1v) is 5.73. The molecule has 2 rings (SSSR count). The van der Waals surface area contributed by atoms with Crippen LogP contribution in [0.15, 0.2) is 34.8 Å². The average Bonchev–Trinajstić information content (AvgIpc) is 2.50. The van der Waals surface area contributed by atoms with E-state index in [2.05, 4.69) is 11.1 Å². The van der Waals surface area contributed by atoms with Gasteiger partial charge in [0.1, 0.15) is 0 Å². The van der Waals surface area contributed by atoms with Crippen LogP contribution in [0.25, 0.3) is 6.08 Å². The summed E-state index contributed by atoms with van der Waals surface area (Å²) in [4.78, 5) is 15.7. The van der Waals surface area contributed by atoms with E-state index in [4.69, 9.17) is 4.74 Å². The first-order valence-electron chi connectivity index (χ1n) is 5.73. The Morgan fingerprint density at radius 3 is 3.06 bits per heavy atom. The van der Waals surface area contributed by atoms with E-state index < -0.39 is 0 Å². The minimum atomic E-state index is -0.204. The molecule has 17 heavy (non-hydrogen) atoms. The monoisotopic (exact) mass is 229 g/mol. The Labute approximate surface area is 101 Å². The molecule has 0 radical (unpaired) electrons. The molecule has 0 saturated heterocycles. The molecule has 0 unspecified atom stereocenters. The minimum absolute atomic E-state index is 0.204. The fraction of sp³-hybridized carbons (Fsp3) is 0.286. The maximum atomic E-state index is 11.4. The van der Waals surface area contributed by atoms with E-state index in [0.717, 1.165) is 11.1 Å². The first kappa shape index (κ1) is 11.6. The van der Waals surface area contributed by atoms with Crippen LogP contribution in [0.4, 0.5) is 0 Å². The van der Waals surface area contributed by atoms with Crippen LogP contribution in [0.5, 0.6) is 0 Å². The molecule has 88 valence electrons. The summed E-state index contributed by atoms with van der Waals surface area (Å²) in [5.41, 5.74) is 3.21. The van der Waals surface area contributed by atoms with Gasteiger partial charge in [-0.1, -0.05) is 24.3 Å². The number of carbonyl (C=O) groups is 1. The Hall–Kier alpha value is -1.90. The number of benzene rings is 1. The molecule has 1 aromatic carbocycles. The van der Waals surface area contributed by atoms with Crippen molar-refractivity contribution in [2.24, 2.45) is 4.99 Å². The molecule has 3 heteroatoms. The van der Waals surface area contributed by atoms with Gasteiger partial charge in [0.05, 0.1) is 19.6 Å². The molecule has 3 nitrogen and oxygen atoms in total. The average molecular weight is 229 g/mol. The van der Waals surface area contributed by atoms with Gasteiger partial charge < -0.3 is 4.74 Å². The number of fused-ring (bicyclic) bond motifs is 1. The van der Waals surface area contributed by atoms with E-state index in [1.165, 1.54) is 5.56 Å². The van der Waals surface area contributed by atoms with Crippen LogP contribution < -0.4 is 0 Å². The van der Waals surface area contributed by atoms with Crippen LogP contribution in [0.3, 0.4) is 0 Å². The molecule has 1 aliphatic rings. The number of rotatable bonds is 3. The smallest absolute Gasteiger partial charge is 0.310 e. The van der Waals surface area contributed by atoms with Gasteiger partial charge in [-0.25, -0.2) is 0 Å². The quantitative estimate of drug-likeness (QED) is 0.747. The zero-order valence-corrected chi connectivity index (χ0v) is 9.85. The lowest BCUT2D eigenvalue weighted by molar-refractivity contribution is -0.142. The summed E-state index contributed by atoms with van der Waals surface area (Å²) in [5.74, 6) is -0.204. The predicted molar refractivity (Wildman–Crippen MR) is 67.9 cm³/mol. The summed E-state index contributed by atoms with van der Waals surface area (Å²) >= 11 is 0. The molecule has 0 fully saturated rings. The standard InChI is InChI=1S/C14H15NO2/c1-2-17-14(16)8-11-7-12-5-3-4-6-13(12)10-15-9-11/h3-7,9H,2,8,10H2,1H3. The minimum Gasteiger partial charge on any atom is -0.466 e. The second-order valence-electron chi connectivity index (χ2n) is 3.87. The van der Waals surface area contributed by atoms with E-state index in [1.807, 2.05) is 31.2 Å². The highest BCUT2D eigenvalue weighted by Gasteiger charge is 2.09. The van der Waals surface area contributed by atoms with Crippen molar-refractivity contribution in [3.8, 4) is 0 Å². The van der Waals surface area contributed by atoms with Crippen molar-refractivity contribution in [3.05, 3.63) is 41.0 Å². The molecule has 1 heterocycles. The second kappa shape index (κ2) is 5.43. The molecular formula is C14H15NO2. The van der Waals surface area contributed by atoms with Gasteiger partial charge in [0, 0.05) is 6.21 Å². The fourth-order valence-electron chi connectivity index (χ4n) is 1.79. The molecule has 0 amide bonds. The molecule has 0 atom stereocenters. The summed E-state index contributed by atoms with van der Waals surface area (Å²) in [6.45, 7) is 2.89. The number of esters is 1. The van der Waals surface area contributed by atoms with Crippen LogP contribution in [-0.4, -0.2) is 18.8 Å². The van der Waals surface area contributed by atoms with E-state index >= 15 is 0 Å². The van der Waals surface area contributed by atoms with Gasteiger partial charge in [0.2, 0.25) is 0 Å². The third-order valence-corrected chi connectivity index (χ3v) is 2.57. The topological polar surface area (TPSA) is 38.7 Å². The van der Waals surface area contributed by atoms with Crippen LogP contribution in [0.1, 0.15) is 24.5 Å². The van der Waals surface area contributed by atoms with Crippen molar-refractivity contribution in [2.75, 3.05) is 6.61 Å². The van der Waals surface area contributed by atoms with Crippen molar-refractivity contribution in [1.82, 2.24) is 0 Å². The lowest BCUT2D eigenvalue weighted by atomic mass is 10.0. The molecule has 0 N–H and O–H groups in total. The Morgan fingerprint density at radius 2 is 2.24 bits per heavy atom. The van der Waals surface area contributed by atoms with Crippen LogP contribution >= 0.6 is 0 Å². The lowest BCUT2D eigenvalue weighted by Crippen LogP contribution is -2.05. The molecule has 0 aromatic heterocycles. The van der Waals surface area contributed by atoms with Crippen molar-refractivity contribution >= 4 is 18.3 Å². The van der Waals surface area contributed by atoms with Crippen molar-refractivity contribution in [3.63, 3.8) is 0 Å². The first-order chi connectivity index (χ1) is 8.29. The third kappa shape index (κ3) is 3.03. The summed E-state index contributed by atoms with van der Waals surface area (Å²) < 4.78 is 4.93. The van der Waals surface area contributed by atoms with Crippen LogP contribution in [-0.2, 0) is 16.1 Å². The maximum absolute atomic E-state index is 11.4. The SMILES string of the molecule is CCOC(=O)CC1=Cc2ccccc2CN=C1. The fourth-order valence-corrected chi connectivity index (χ4v) is 1.79. The highest BCUT2D eigenvalue weighted by Crippen LogP contribution is 2.18. The summed E-state index contributed by atoms with van der Waals surface area (Å²) in [5, 5.41) is 0. The molecule has 0 aliphatic carbocycles. The van der Waals surface area contributed by atoms with Gasteiger partial charge in [-0.05, 0) is 29.7 Å². The number of hydrogen-bond acceptors (Lipinski definition) is 3. The van der Waals surface area contributed by atoms with Gasteiger partial charge >= 0.3 is 5.97 Å². The Balaban J connectivity index is 2.19. The molecule has 0 bridgehead atoms. The maximum Gasteiger partial charge on any atom is 0.310 e. The lowest BCUT2D eigenvalue weighted by Gasteiger charge is -2.02. The molecular weight excluding hydrogens is 214 g/mol. The largest absolute Gasteiger partial charge is 0.466 e. The van der Waals surface area contributed by atoms with Crippen LogP contribution in [0.2, 0.25) is 0 Å². The molecule has 0 spiro atoms. The van der Waals surface area contributed by atoms with Crippen molar-refractivity contribution < 1.29 is 9.53 Å². The number of hydrogen-bond donors (Lipinski definition) is 0. The van der Waals surface area contributed by atoms with Gasteiger partial charge in [-0.15, -0.1) is 0 Å². The van der Waals surface area contributed by atoms with Gasteiger partial charge in [0.25, 0.3) is 0 Å². The number of ether oxygens (including phenoxy) is 1. The van der Waals surface area contributed by atoms with Gasteiger partial charge in [0.15, 0.2) is 0 Å². The zero-order chi connectivity index (χ0) is 12.1. The summed E-state index contributed by atoms with van der Waals surface area (Å²) in [7, 11) is 0. The number of carbonyl (C=O) groups excluding carboxylic acids is 1. The number of aliphatic imine (C=N–C) groups is 1. The van der Waals surface area contributed by atoms with Gasteiger partial charge in [-0.3, -0.25) is 9.79 Å². The van der Waals surface area contributed by atoms with E-state index in [1.54, 1.807) is 6.21 Å². The Kier molecular flexibility index (Phi) is 3.70. The Bertz CT molecular complexity index is 475. The third-order valence-electron chi connectivity index (χ3n) is 2.57. The molecule has 0 saturated carbocycles. The van der Waals surface area contributed by atoms with Crippen molar-refractivity contribution in [2.45, 2.75) is 19.9 Å². The predicted octanol–water partition coefficient (Wildman–Crippen LogP) is 2.61. The van der Waals surface area contributed by atoms with Gasteiger partial charge in [-0.2, -0.15) is 0 Å². The number of nitrogens with zero attached hydrogens (tertiary/aromatic N) is 1. The van der Waals surface area contributed by atoms with E-state index in [0.29, 0.717) is 13.2 Å². The van der Waals surface area contributed by atoms with Crippen LogP contribution in [0, 0.1) is 0 Å². The zero-order valence-electron chi connectivity index (χ0n) is 9.85. The Morgan fingerprint density at radius 1 is 1.41 bits per heavy atom. The second-order valence-corrected chi connectivity index (χ2v) is 3.87. The normalized spacial score (nSPS) is 13.6. The summed E-state index contributed by atoms with van der Waals surface area (Å²) in [6, 6.07) is 8.08. The highest BCUT2D eigenvalue weighted by molar-refractivity contribution is 5.93.